The lowest BCUT2D eigenvalue weighted by atomic mass is 10.1. The number of non-ortho nitro benzene ring substituents is 1. The molecule has 0 amide bonds. The van der Waals surface area contributed by atoms with Crippen molar-refractivity contribution >= 4 is 11.7 Å². The number of rotatable bonds is 4. The first-order valence-electron chi connectivity index (χ1n) is 8.00. The first-order chi connectivity index (χ1) is 12.9. The van der Waals surface area contributed by atoms with Gasteiger partial charge in [0.05, 0.1) is 16.3 Å². The minimum atomic E-state index is -0.587. The maximum absolute atomic E-state index is 12.7. The molecule has 0 saturated heterocycles. The van der Waals surface area contributed by atoms with Crippen LogP contribution in [0.5, 0.6) is 5.75 Å². The third-order valence-electron chi connectivity index (χ3n) is 3.82. The Kier molecular flexibility index (Phi) is 4.80. The van der Waals surface area contributed by atoms with E-state index in [1.807, 2.05) is 0 Å². The molecule has 0 fully saturated rings. The van der Waals surface area contributed by atoms with Gasteiger partial charge in [0.1, 0.15) is 0 Å². The number of hydrogen-bond donors (Lipinski definition) is 0. The minimum Gasteiger partial charge on any atom is -0.424 e. The molecule has 3 aromatic rings. The maximum atomic E-state index is 12.7. The van der Waals surface area contributed by atoms with Crippen LogP contribution in [0, 0.1) is 17.0 Å². The summed E-state index contributed by atoms with van der Waals surface area (Å²) in [6.45, 7) is 2.98. The van der Waals surface area contributed by atoms with Crippen LogP contribution in [0.15, 0.2) is 59.4 Å². The summed E-state index contributed by atoms with van der Waals surface area (Å²) < 4.78 is 6.48. The number of esters is 1. The van der Waals surface area contributed by atoms with Gasteiger partial charge in [0, 0.05) is 30.3 Å². The van der Waals surface area contributed by atoms with Crippen molar-refractivity contribution in [3.05, 3.63) is 80.9 Å². The Hall–Kier alpha value is -3.81. The minimum absolute atomic E-state index is 0.0867. The predicted molar refractivity (Wildman–Crippen MR) is 98.0 cm³/mol. The average Bonchev–Trinajstić information content (AvgIpc) is 2.62. The van der Waals surface area contributed by atoms with Gasteiger partial charge >= 0.3 is 11.7 Å². The van der Waals surface area contributed by atoms with Crippen LogP contribution in [-0.2, 0) is 4.79 Å². The standard InChI is InChI=1S/C19H15N3O5/c1-12-10-16(14-6-5-7-15(11-14)22(25)26)20-19(24)21(12)17-8-3-4-9-18(17)27-13(2)23/h3-11H,1-2H3. The highest BCUT2D eigenvalue weighted by atomic mass is 16.6. The lowest BCUT2D eigenvalue weighted by Crippen LogP contribution is -2.24. The summed E-state index contributed by atoms with van der Waals surface area (Å²) >= 11 is 0. The molecule has 8 heteroatoms. The largest absolute Gasteiger partial charge is 0.424 e. The molecular weight excluding hydrogens is 350 g/mol. The molecule has 0 aliphatic carbocycles. The third-order valence-corrected chi connectivity index (χ3v) is 3.82. The Morgan fingerprint density at radius 1 is 1.15 bits per heavy atom. The normalized spacial score (nSPS) is 10.4. The van der Waals surface area contributed by atoms with Crippen molar-refractivity contribution in [3.8, 4) is 22.7 Å². The smallest absolute Gasteiger partial charge is 0.353 e. The quantitative estimate of drug-likeness (QED) is 0.305. The van der Waals surface area contributed by atoms with Gasteiger partial charge in [0.25, 0.3) is 5.69 Å². The molecule has 0 bridgehead atoms. The molecule has 2 aromatic carbocycles. The number of carbonyl (C=O) groups is 1. The Labute approximate surface area is 153 Å². The van der Waals surface area contributed by atoms with Gasteiger partial charge in [-0.1, -0.05) is 24.3 Å². The number of carbonyl (C=O) groups excluding carboxylic acids is 1. The molecule has 3 rings (SSSR count). The van der Waals surface area contributed by atoms with Crippen LogP contribution >= 0.6 is 0 Å². The van der Waals surface area contributed by atoms with Crippen molar-refractivity contribution in [2.45, 2.75) is 13.8 Å². The molecule has 1 heterocycles. The summed E-state index contributed by atoms with van der Waals surface area (Å²) in [7, 11) is 0. The molecule has 0 unspecified atom stereocenters. The van der Waals surface area contributed by atoms with E-state index in [0.29, 0.717) is 22.6 Å². The second kappa shape index (κ2) is 7.20. The second-order valence-corrected chi connectivity index (χ2v) is 5.77. The van der Waals surface area contributed by atoms with E-state index in [1.165, 1.54) is 29.7 Å². The summed E-state index contributed by atoms with van der Waals surface area (Å²) in [5, 5.41) is 11.0. The molecule has 27 heavy (non-hydrogen) atoms. The van der Waals surface area contributed by atoms with Gasteiger partial charge in [0.2, 0.25) is 0 Å². The number of para-hydroxylation sites is 2. The Balaban J connectivity index is 2.13. The monoisotopic (exact) mass is 365 g/mol. The van der Waals surface area contributed by atoms with Gasteiger partial charge in [-0.25, -0.2) is 4.79 Å². The molecule has 0 aliphatic heterocycles. The van der Waals surface area contributed by atoms with Crippen LogP contribution in [0.25, 0.3) is 16.9 Å². The van der Waals surface area contributed by atoms with Crippen LogP contribution in [0.1, 0.15) is 12.6 Å². The molecule has 0 spiro atoms. The highest BCUT2D eigenvalue weighted by molar-refractivity contribution is 5.71. The van der Waals surface area contributed by atoms with Crippen molar-refractivity contribution in [1.29, 1.82) is 0 Å². The van der Waals surface area contributed by atoms with Gasteiger partial charge in [-0.3, -0.25) is 19.5 Å². The fourth-order valence-electron chi connectivity index (χ4n) is 2.70. The van der Waals surface area contributed by atoms with Crippen molar-refractivity contribution in [1.82, 2.24) is 9.55 Å². The van der Waals surface area contributed by atoms with E-state index in [0.717, 1.165) is 0 Å². The Bertz CT molecular complexity index is 1100. The van der Waals surface area contributed by atoms with E-state index in [4.69, 9.17) is 4.74 Å². The van der Waals surface area contributed by atoms with Gasteiger partial charge in [-0.15, -0.1) is 0 Å². The number of aryl methyl sites for hydroxylation is 1. The lowest BCUT2D eigenvalue weighted by molar-refractivity contribution is -0.384. The molecule has 0 N–H and O–H groups in total. The second-order valence-electron chi connectivity index (χ2n) is 5.77. The number of nitro groups is 1. The van der Waals surface area contributed by atoms with Gasteiger partial charge in [-0.05, 0) is 25.1 Å². The average molecular weight is 365 g/mol. The molecule has 0 aliphatic rings. The van der Waals surface area contributed by atoms with Crippen LogP contribution in [0.4, 0.5) is 5.69 Å². The predicted octanol–water partition coefficient (Wildman–Crippen LogP) is 3.04. The summed E-state index contributed by atoms with van der Waals surface area (Å²) in [6, 6.07) is 14.2. The van der Waals surface area contributed by atoms with E-state index >= 15 is 0 Å². The summed E-state index contributed by atoms with van der Waals surface area (Å²) in [5.74, 6) is -0.269. The number of nitro benzene ring substituents is 1. The number of nitrogens with zero attached hydrogens (tertiary/aromatic N) is 3. The molecule has 1 aromatic heterocycles. The van der Waals surface area contributed by atoms with E-state index in [9.17, 15) is 19.7 Å². The zero-order chi connectivity index (χ0) is 19.6. The summed E-state index contributed by atoms with van der Waals surface area (Å²) in [4.78, 5) is 38.5. The zero-order valence-electron chi connectivity index (χ0n) is 14.6. The van der Waals surface area contributed by atoms with Gasteiger partial charge in [0.15, 0.2) is 5.75 Å². The lowest BCUT2D eigenvalue weighted by Gasteiger charge is -2.14. The molecule has 0 radical (unpaired) electrons. The first kappa shape index (κ1) is 18.0. The Morgan fingerprint density at radius 3 is 2.56 bits per heavy atom. The third kappa shape index (κ3) is 3.74. The van der Waals surface area contributed by atoms with Crippen LogP contribution in [0.2, 0.25) is 0 Å². The van der Waals surface area contributed by atoms with E-state index in [-0.39, 0.29) is 11.4 Å². The van der Waals surface area contributed by atoms with Gasteiger partial charge < -0.3 is 4.74 Å². The topological polar surface area (TPSA) is 104 Å². The highest BCUT2D eigenvalue weighted by Gasteiger charge is 2.15. The number of hydrogen-bond acceptors (Lipinski definition) is 6. The number of ether oxygens (including phenoxy) is 1. The zero-order valence-corrected chi connectivity index (χ0v) is 14.6. The molecular formula is C19H15N3O5. The van der Waals surface area contributed by atoms with Crippen LogP contribution in [0.3, 0.4) is 0 Å². The molecule has 0 atom stereocenters. The van der Waals surface area contributed by atoms with Gasteiger partial charge in [-0.2, -0.15) is 4.98 Å². The van der Waals surface area contributed by atoms with Crippen molar-refractivity contribution in [2.75, 3.05) is 0 Å². The summed E-state index contributed by atoms with van der Waals surface area (Å²) in [5.41, 5.74) is 1.03. The molecule has 8 nitrogen and oxygen atoms in total. The number of aromatic nitrogens is 2. The van der Waals surface area contributed by atoms with E-state index in [1.54, 1.807) is 43.3 Å². The maximum Gasteiger partial charge on any atom is 0.353 e. The number of benzene rings is 2. The van der Waals surface area contributed by atoms with Crippen LogP contribution < -0.4 is 10.4 Å². The van der Waals surface area contributed by atoms with E-state index in [2.05, 4.69) is 4.98 Å². The SMILES string of the molecule is CC(=O)Oc1ccccc1-n1c(C)cc(-c2cccc([N+](=O)[O-])c2)nc1=O. The fourth-order valence-corrected chi connectivity index (χ4v) is 2.70. The Morgan fingerprint density at radius 2 is 1.89 bits per heavy atom. The first-order valence-corrected chi connectivity index (χ1v) is 8.00. The van der Waals surface area contributed by atoms with Crippen LogP contribution in [-0.4, -0.2) is 20.4 Å². The van der Waals surface area contributed by atoms with Crippen molar-refractivity contribution < 1.29 is 14.5 Å². The van der Waals surface area contributed by atoms with Crippen molar-refractivity contribution in [3.63, 3.8) is 0 Å². The molecule has 0 saturated carbocycles. The molecule has 136 valence electrons. The van der Waals surface area contributed by atoms with E-state index < -0.39 is 16.6 Å². The van der Waals surface area contributed by atoms with Crippen molar-refractivity contribution in [2.24, 2.45) is 0 Å². The summed E-state index contributed by atoms with van der Waals surface area (Å²) in [6.07, 6.45) is 0. The fraction of sp³-hybridized carbons (Fsp3) is 0.105. The highest BCUT2D eigenvalue weighted by Crippen LogP contribution is 2.25.